The number of aliphatic carboxylic acids is 1. The molecule has 0 fully saturated rings. The summed E-state index contributed by atoms with van der Waals surface area (Å²) in [6, 6.07) is 6.71. The van der Waals surface area contributed by atoms with Crippen LogP contribution in [-0.2, 0) is 4.79 Å². The zero-order valence-corrected chi connectivity index (χ0v) is 7.90. The van der Waals surface area contributed by atoms with Gasteiger partial charge < -0.3 is 10.2 Å². The number of phenolic OH excluding ortho intramolecular Hbond substituents is 1. The molecule has 0 aliphatic rings. The lowest BCUT2D eigenvalue weighted by Crippen LogP contribution is -1.92. The van der Waals surface area contributed by atoms with Crippen LogP contribution >= 0.6 is 0 Å². The number of hydrogen-bond acceptors (Lipinski definition) is 2. The number of aromatic hydroxyl groups is 1. The molecule has 1 aromatic rings. The molecule has 0 aliphatic carbocycles. The molecule has 3 nitrogen and oxygen atoms in total. The van der Waals surface area contributed by atoms with E-state index < -0.39 is 5.97 Å². The van der Waals surface area contributed by atoms with Crippen LogP contribution in [0.15, 0.2) is 30.3 Å². The van der Waals surface area contributed by atoms with Crippen molar-refractivity contribution in [3.05, 3.63) is 35.9 Å². The Labute approximate surface area is 82.3 Å². The van der Waals surface area contributed by atoms with Gasteiger partial charge in [0.1, 0.15) is 5.75 Å². The molecule has 0 amide bonds. The van der Waals surface area contributed by atoms with E-state index in [1.54, 1.807) is 24.3 Å². The zero-order valence-electron chi connectivity index (χ0n) is 7.90. The smallest absolute Gasteiger partial charge is 0.328 e. The maximum absolute atomic E-state index is 10.5. The van der Waals surface area contributed by atoms with Crippen LogP contribution < -0.4 is 0 Å². The number of phenols is 1. The van der Waals surface area contributed by atoms with Crippen molar-refractivity contribution >= 4 is 11.5 Å². The topological polar surface area (TPSA) is 57.5 Å². The van der Waals surface area contributed by atoms with Crippen molar-refractivity contribution in [1.29, 1.82) is 0 Å². The summed E-state index contributed by atoms with van der Waals surface area (Å²) in [6.45, 7) is 1.85. The van der Waals surface area contributed by atoms with Gasteiger partial charge in [0.25, 0.3) is 0 Å². The highest BCUT2D eigenvalue weighted by molar-refractivity contribution is 5.90. The van der Waals surface area contributed by atoms with Gasteiger partial charge in [0.2, 0.25) is 0 Å². The van der Waals surface area contributed by atoms with E-state index in [1.165, 1.54) is 0 Å². The van der Waals surface area contributed by atoms with E-state index in [-0.39, 0.29) is 5.75 Å². The number of benzene rings is 1. The molecule has 0 saturated heterocycles. The van der Waals surface area contributed by atoms with Crippen LogP contribution in [0.3, 0.4) is 0 Å². The minimum atomic E-state index is -0.995. The SMILES string of the molecule is CC/C(=C\C(=O)O)c1ccccc1O. The Morgan fingerprint density at radius 1 is 1.43 bits per heavy atom. The molecular formula is C11H12O3. The van der Waals surface area contributed by atoms with Gasteiger partial charge in [0, 0.05) is 11.6 Å². The van der Waals surface area contributed by atoms with Gasteiger partial charge >= 0.3 is 5.97 Å². The van der Waals surface area contributed by atoms with E-state index >= 15 is 0 Å². The normalized spacial score (nSPS) is 11.4. The highest BCUT2D eigenvalue weighted by atomic mass is 16.4. The van der Waals surface area contributed by atoms with Gasteiger partial charge in [-0.3, -0.25) is 0 Å². The van der Waals surface area contributed by atoms with E-state index in [2.05, 4.69) is 0 Å². The molecule has 0 aromatic heterocycles. The van der Waals surface area contributed by atoms with Crippen molar-refractivity contribution in [2.24, 2.45) is 0 Å². The van der Waals surface area contributed by atoms with Gasteiger partial charge in [-0.15, -0.1) is 0 Å². The second-order valence-electron chi connectivity index (χ2n) is 2.88. The number of rotatable bonds is 3. The number of para-hydroxylation sites is 1. The van der Waals surface area contributed by atoms with Gasteiger partial charge in [-0.25, -0.2) is 4.79 Å². The number of hydrogen-bond donors (Lipinski definition) is 2. The summed E-state index contributed by atoms with van der Waals surface area (Å²) < 4.78 is 0. The first-order chi connectivity index (χ1) is 6.65. The fraction of sp³-hybridized carbons (Fsp3) is 0.182. The van der Waals surface area contributed by atoms with Crippen LogP contribution in [0.1, 0.15) is 18.9 Å². The molecule has 0 saturated carbocycles. The quantitative estimate of drug-likeness (QED) is 0.722. The average Bonchev–Trinajstić information content (AvgIpc) is 2.15. The fourth-order valence-corrected chi connectivity index (χ4v) is 1.26. The van der Waals surface area contributed by atoms with Crippen molar-refractivity contribution in [2.45, 2.75) is 13.3 Å². The molecule has 0 heterocycles. The summed E-state index contributed by atoms with van der Waals surface area (Å²) in [5.41, 5.74) is 1.20. The van der Waals surface area contributed by atoms with Crippen molar-refractivity contribution in [2.75, 3.05) is 0 Å². The third kappa shape index (κ3) is 2.36. The first-order valence-corrected chi connectivity index (χ1v) is 4.37. The third-order valence-corrected chi connectivity index (χ3v) is 1.93. The lowest BCUT2D eigenvalue weighted by atomic mass is 10.0. The van der Waals surface area contributed by atoms with Gasteiger partial charge in [0.15, 0.2) is 0 Å². The largest absolute Gasteiger partial charge is 0.507 e. The summed E-state index contributed by atoms with van der Waals surface area (Å²) in [7, 11) is 0. The predicted octanol–water partition coefficient (Wildman–Crippen LogP) is 2.27. The number of carboxylic acids is 1. The molecule has 1 rings (SSSR count). The average molecular weight is 192 g/mol. The van der Waals surface area contributed by atoms with E-state index in [0.717, 1.165) is 6.08 Å². The lowest BCUT2D eigenvalue weighted by Gasteiger charge is -2.05. The summed E-state index contributed by atoms with van der Waals surface area (Å²) in [4.78, 5) is 10.5. The van der Waals surface area contributed by atoms with E-state index in [9.17, 15) is 9.90 Å². The van der Waals surface area contributed by atoms with E-state index in [4.69, 9.17) is 5.11 Å². The van der Waals surface area contributed by atoms with Crippen LogP contribution in [-0.4, -0.2) is 16.2 Å². The van der Waals surface area contributed by atoms with E-state index in [0.29, 0.717) is 17.6 Å². The molecule has 0 radical (unpaired) electrons. The van der Waals surface area contributed by atoms with Crippen LogP contribution in [0.25, 0.3) is 5.57 Å². The summed E-state index contributed by atoms with van der Waals surface area (Å²) in [5.74, 6) is -0.882. The number of allylic oxidation sites excluding steroid dienone is 1. The van der Waals surface area contributed by atoms with Gasteiger partial charge in [-0.2, -0.15) is 0 Å². The fourth-order valence-electron chi connectivity index (χ4n) is 1.26. The van der Waals surface area contributed by atoms with Crippen LogP contribution in [0.2, 0.25) is 0 Å². The Balaban J connectivity index is 3.13. The van der Waals surface area contributed by atoms with Crippen LogP contribution in [0.4, 0.5) is 0 Å². The Kier molecular flexibility index (Phi) is 3.29. The first kappa shape index (κ1) is 10.3. The number of carboxylic acid groups (broad SMARTS) is 1. The van der Waals surface area contributed by atoms with Gasteiger partial charge in [-0.1, -0.05) is 25.1 Å². The minimum absolute atomic E-state index is 0.113. The summed E-state index contributed by atoms with van der Waals surface area (Å²) >= 11 is 0. The van der Waals surface area contributed by atoms with Crippen molar-refractivity contribution in [3.63, 3.8) is 0 Å². The summed E-state index contributed by atoms with van der Waals surface area (Å²) in [5, 5.41) is 18.1. The van der Waals surface area contributed by atoms with Crippen molar-refractivity contribution in [3.8, 4) is 5.75 Å². The van der Waals surface area contributed by atoms with Gasteiger partial charge in [-0.05, 0) is 18.1 Å². The summed E-state index contributed by atoms with van der Waals surface area (Å²) in [6.07, 6.45) is 1.69. The maximum atomic E-state index is 10.5. The molecule has 3 heteroatoms. The number of carbonyl (C=O) groups is 1. The molecule has 0 unspecified atom stereocenters. The molecule has 0 spiro atoms. The molecule has 0 aliphatic heterocycles. The maximum Gasteiger partial charge on any atom is 0.328 e. The molecular weight excluding hydrogens is 180 g/mol. The third-order valence-electron chi connectivity index (χ3n) is 1.93. The molecule has 14 heavy (non-hydrogen) atoms. The molecule has 0 atom stereocenters. The molecule has 74 valence electrons. The first-order valence-electron chi connectivity index (χ1n) is 4.37. The van der Waals surface area contributed by atoms with Crippen molar-refractivity contribution < 1.29 is 15.0 Å². The predicted molar refractivity (Wildman–Crippen MR) is 54.0 cm³/mol. The monoisotopic (exact) mass is 192 g/mol. The minimum Gasteiger partial charge on any atom is -0.507 e. The Hall–Kier alpha value is -1.77. The Bertz CT molecular complexity index is 367. The second-order valence-corrected chi connectivity index (χ2v) is 2.88. The lowest BCUT2D eigenvalue weighted by molar-refractivity contribution is -0.131. The highest BCUT2D eigenvalue weighted by Gasteiger charge is 2.05. The van der Waals surface area contributed by atoms with Gasteiger partial charge in [0.05, 0.1) is 0 Å². The van der Waals surface area contributed by atoms with Crippen LogP contribution in [0.5, 0.6) is 5.75 Å². The molecule has 0 bridgehead atoms. The standard InChI is InChI=1S/C11H12O3/c1-2-8(7-11(13)14)9-5-3-4-6-10(9)12/h3-7,12H,2H2,1H3,(H,13,14)/b8-7+. The van der Waals surface area contributed by atoms with Crippen LogP contribution in [0, 0.1) is 0 Å². The zero-order chi connectivity index (χ0) is 10.6. The van der Waals surface area contributed by atoms with Crippen molar-refractivity contribution in [1.82, 2.24) is 0 Å². The Morgan fingerprint density at radius 2 is 2.07 bits per heavy atom. The molecule has 1 aromatic carbocycles. The Morgan fingerprint density at radius 3 is 2.57 bits per heavy atom. The molecule has 2 N–H and O–H groups in total. The van der Waals surface area contributed by atoms with E-state index in [1.807, 2.05) is 6.92 Å². The highest BCUT2D eigenvalue weighted by Crippen LogP contribution is 2.26. The second kappa shape index (κ2) is 4.46.